The van der Waals surface area contributed by atoms with Crippen molar-refractivity contribution in [2.75, 3.05) is 6.67 Å². The number of allylic oxidation sites excluding steroid dienone is 1. The zero-order chi connectivity index (χ0) is 9.80. The van der Waals surface area contributed by atoms with Crippen LogP contribution < -0.4 is 5.32 Å². The summed E-state index contributed by atoms with van der Waals surface area (Å²) in [6.45, 7) is 1.49. The van der Waals surface area contributed by atoms with Crippen LogP contribution in [0.3, 0.4) is 0 Å². The summed E-state index contributed by atoms with van der Waals surface area (Å²) in [5.41, 5.74) is 1.93. The van der Waals surface area contributed by atoms with Crippen molar-refractivity contribution in [3.8, 4) is 0 Å². The summed E-state index contributed by atoms with van der Waals surface area (Å²) in [5.74, 6) is 0. The maximum atomic E-state index is 10.7. The van der Waals surface area contributed by atoms with Crippen molar-refractivity contribution in [2.24, 2.45) is 0 Å². The van der Waals surface area contributed by atoms with Gasteiger partial charge in [-0.1, -0.05) is 30.3 Å². The number of hydrogen-bond acceptors (Lipinski definition) is 3. The summed E-state index contributed by atoms with van der Waals surface area (Å²) < 4.78 is 0. The molecule has 1 aromatic carbocycles. The number of nitrogens with zero attached hydrogens (tertiary/aromatic N) is 1. The van der Waals surface area contributed by atoms with Crippen molar-refractivity contribution in [1.82, 2.24) is 10.2 Å². The van der Waals surface area contributed by atoms with Crippen LogP contribution in [0.1, 0.15) is 5.56 Å². The average molecular weight is 188 g/mol. The lowest BCUT2D eigenvalue weighted by Gasteiger charge is -2.17. The van der Waals surface area contributed by atoms with Gasteiger partial charge < -0.3 is 10.2 Å². The first-order valence-electron chi connectivity index (χ1n) is 4.58. The lowest BCUT2D eigenvalue weighted by molar-refractivity contribution is -0.106. The molecule has 0 saturated carbocycles. The van der Waals surface area contributed by atoms with Gasteiger partial charge >= 0.3 is 0 Å². The zero-order valence-electron chi connectivity index (χ0n) is 7.81. The fraction of sp³-hybridized carbons (Fsp3) is 0.182. The van der Waals surface area contributed by atoms with Crippen molar-refractivity contribution in [1.29, 1.82) is 0 Å². The molecular weight excluding hydrogens is 176 g/mol. The zero-order valence-corrected chi connectivity index (χ0v) is 7.81. The molecule has 0 unspecified atom stereocenters. The molecular formula is C11H12N2O. The molecule has 0 bridgehead atoms. The third-order valence-corrected chi connectivity index (χ3v) is 2.23. The highest BCUT2D eigenvalue weighted by Gasteiger charge is 2.13. The van der Waals surface area contributed by atoms with Crippen LogP contribution in [0.5, 0.6) is 0 Å². The van der Waals surface area contributed by atoms with Gasteiger partial charge in [0.05, 0.1) is 12.4 Å². The van der Waals surface area contributed by atoms with E-state index in [4.69, 9.17) is 0 Å². The number of benzene rings is 1. The van der Waals surface area contributed by atoms with E-state index >= 15 is 0 Å². The van der Waals surface area contributed by atoms with Crippen molar-refractivity contribution >= 4 is 6.29 Å². The normalized spacial score (nSPS) is 14.9. The second-order valence-corrected chi connectivity index (χ2v) is 3.23. The molecule has 0 spiro atoms. The average Bonchev–Trinajstić information content (AvgIpc) is 2.67. The molecule has 1 heterocycles. The molecule has 0 radical (unpaired) electrons. The smallest absolute Gasteiger partial charge is 0.167 e. The van der Waals surface area contributed by atoms with Crippen molar-refractivity contribution in [2.45, 2.75) is 6.54 Å². The molecule has 3 nitrogen and oxygen atoms in total. The largest absolute Gasteiger partial charge is 0.372 e. The Morgan fingerprint density at radius 2 is 2.14 bits per heavy atom. The van der Waals surface area contributed by atoms with E-state index in [0.29, 0.717) is 12.4 Å². The maximum Gasteiger partial charge on any atom is 0.167 e. The van der Waals surface area contributed by atoms with Crippen LogP contribution in [-0.4, -0.2) is 17.9 Å². The minimum atomic E-state index is 0.711. The van der Waals surface area contributed by atoms with Gasteiger partial charge in [0.2, 0.25) is 0 Å². The van der Waals surface area contributed by atoms with E-state index in [-0.39, 0.29) is 0 Å². The maximum absolute atomic E-state index is 10.7. The number of aldehydes is 1. The number of hydrogen-bond donors (Lipinski definition) is 1. The van der Waals surface area contributed by atoms with E-state index in [1.54, 1.807) is 6.20 Å². The van der Waals surface area contributed by atoms with Gasteiger partial charge in [-0.2, -0.15) is 0 Å². The fourth-order valence-corrected chi connectivity index (χ4v) is 1.50. The van der Waals surface area contributed by atoms with Gasteiger partial charge in [-0.05, 0) is 5.56 Å². The van der Waals surface area contributed by atoms with Gasteiger partial charge in [-0.15, -0.1) is 0 Å². The van der Waals surface area contributed by atoms with E-state index in [0.717, 1.165) is 12.8 Å². The molecule has 0 aromatic heterocycles. The molecule has 1 aliphatic heterocycles. The predicted octanol–water partition coefficient (Wildman–Crippen LogP) is 1.09. The molecule has 0 amide bonds. The van der Waals surface area contributed by atoms with Crippen molar-refractivity contribution < 1.29 is 4.79 Å². The first-order valence-corrected chi connectivity index (χ1v) is 4.58. The summed E-state index contributed by atoms with van der Waals surface area (Å²) in [6, 6.07) is 10.1. The monoisotopic (exact) mass is 188 g/mol. The second kappa shape index (κ2) is 3.96. The fourth-order valence-electron chi connectivity index (χ4n) is 1.50. The standard InChI is InChI=1S/C11H12N2O/c14-8-11-6-12-9-13(11)7-10-4-2-1-3-5-10/h1-6,8,12H,7,9H2. The number of rotatable bonds is 3. The molecule has 0 aliphatic carbocycles. The minimum Gasteiger partial charge on any atom is -0.372 e. The Hall–Kier alpha value is -1.77. The van der Waals surface area contributed by atoms with Gasteiger partial charge in [-0.3, -0.25) is 4.79 Å². The molecule has 3 heteroatoms. The summed E-state index contributed by atoms with van der Waals surface area (Å²) in [5, 5.41) is 3.03. The van der Waals surface area contributed by atoms with Gasteiger partial charge in [0.25, 0.3) is 0 Å². The highest BCUT2D eigenvalue weighted by molar-refractivity contribution is 5.72. The predicted molar refractivity (Wildman–Crippen MR) is 54.1 cm³/mol. The van der Waals surface area contributed by atoms with Gasteiger partial charge in [0.15, 0.2) is 6.29 Å². The summed E-state index contributed by atoms with van der Waals surface area (Å²) in [4.78, 5) is 12.7. The Morgan fingerprint density at radius 1 is 1.36 bits per heavy atom. The molecule has 1 aromatic rings. The molecule has 14 heavy (non-hydrogen) atoms. The van der Waals surface area contributed by atoms with Gasteiger partial charge in [0, 0.05) is 12.7 Å². The number of carbonyl (C=O) groups excluding carboxylic acids is 1. The molecule has 1 N–H and O–H groups in total. The number of nitrogens with one attached hydrogen (secondary N) is 1. The third-order valence-electron chi connectivity index (χ3n) is 2.23. The molecule has 2 rings (SSSR count). The molecule has 1 aliphatic rings. The first kappa shape index (κ1) is 8.81. The lowest BCUT2D eigenvalue weighted by Crippen LogP contribution is -2.23. The Balaban J connectivity index is 2.05. The topological polar surface area (TPSA) is 32.3 Å². The molecule has 72 valence electrons. The van der Waals surface area contributed by atoms with Crippen LogP contribution in [0, 0.1) is 0 Å². The Bertz CT molecular complexity index is 346. The quantitative estimate of drug-likeness (QED) is 0.721. The SMILES string of the molecule is O=CC1=CNCN1Cc1ccccc1. The second-order valence-electron chi connectivity index (χ2n) is 3.23. The van der Waals surface area contributed by atoms with E-state index in [1.807, 2.05) is 23.1 Å². The highest BCUT2D eigenvalue weighted by Crippen LogP contribution is 2.11. The summed E-state index contributed by atoms with van der Waals surface area (Å²) in [6.07, 6.45) is 2.62. The van der Waals surface area contributed by atoms with Crippen LogP contribution in [0.4, 0.5) is 0 Å². The Labute approximate surface area is 83.0 Å². The van der Waals surface area contributed by atoms with Crippen LogP contribution in [0.25, 0.3) is 0 Å². The molecule has 0 saturated heterocycles. The van der Waals surface area contributed by atoms with E-state index < -0.39 is 0 Å². The first-order chi connectivity index (χ1) is 6.90. The molecule has 0 atom stereocenters. The van der Waals surface area contributed by atoms with Crippen LogP contribution in [0.2, 0.25) is 0 Å². The van der Waals surface area contributed by atoms with E-state index in [2.05, 4.69) is 17.4 Å². The number of carbonyl (C=O) groups is 1. The van der Waals surface area contributed by atoms with Crippen molar-refractivity contribution in [3.63, 3.8) is 0 Å². The van der Waals surface area contributed by atoms with Crippen LogP contribution in [0.15, 0.2) is 42.2 Å². The minimum absolute atomic E-state index is 0.711. The Kier molecular flexibility index (Phi) is 2.49. The Morgan fingerprint density at radius 3 is 2.86 bits per heavy atom. The van der Waals surface area contributed by atoms with E-state index in [9.17, 15) is 4.79 Å². The lowest BCUT2D eigenvalue weighted by atomic mass is 10.2. The van der Waals surface area contributed by atoms with Gasteiger partial charge in [0.1, 0.15) is 0 Å². The van der Waals surface area contributed by atoms with Crippen LogP contribution in [-0.2, 0) is 11.3 Å². The summed E-state index contributed by atoms with van der Waals surface area (Å²) in [7, 11) is 0. The van der Waals surface area contributed by atoms with Crippen molar-refractivity contribution in [3.05, 3.63) is 47.8 Å². The summed E-state index contributed by atoms with van der Waals surface area (Å²) >= 11 is 0. The van der Waals surface area contributed by atoms with Gasteiger partial charge in [-0.25, -0.2) is 0 Å². The third kappa shape index (κ3) is 1.76. The highest BCUT2D eigenvalue weighted by atomic mass is 16.1. The molecule has 0 fully saturated rings. The van der Waals surface area contributed by atoms with Crippen LogP contribution >= 0.6 is 0 Å². The van der Waals surface area contributed by atoms with E-state index in [1.165, 1.54) is 5.56 Å².